The Morgan fingerprint density at radius 2 is 1.11 bits per heavy atom. The van der Waals surface area contributed by atoms with Crippen LogP contribution in [0.4, 0.5) is 0 Å². The van der Waals surface area contributed by atoms with Gasteiger partial charge in [-0.3, -0.25) is 4.79 Å². The van der Waals surface area contributed by atoms with Gasteiger partial charge in [-0.05, 0) is 25.7 Å². The fourth-order valence-corrected chi connectivity index (χ4v) is 5.92. The summed E-state index contributed by atoms with van der Waals surface area (Å²) in [5, 5.41) is 22.9. The Morgan fingerprint density at radius 1 is 0.659 bits per heavy atom. The van der Waals surface area contributed by atoms with Crippen LogP contribution in [0.5, 0.6) is 0 Å². The largest absolute Gasteiger partial charge is 0.394 e. The van der Waals surface area contributed by atoms with Gasteiger partial charge in [0.25, 0.3) is 0 Å². The monoisotopic (exact) mass is 616 g/mol. The summed E-state index contributed by atoms with van der Waals surface area (Å²) in [6.45, 7) is 3.15. The van der Waals surface area contributed by atoms with Gasteiger partial charge in [-0.15, -0.1) is 0 Å². The number of nitrogens with zero attached hydrogens (tertiary/aromatic N) is 1. The number of carbonyl (C=O) groups is 1. The maximum atomic E-state index is 12.3. The molecular weight excluding hydrogens is 544 g/mol. The van der Waals surface area contributed by atoms with E-state index in [0.717, 1.165) is 32.2 Å². The third-order valence-corrected chi connectivity index (χ3v) is 8.86. The van der Waals surface area contributed by atoms with Gasteiger partial charge < -0.3 is 15.5 Å². The Kier molecular flexibility index (Phi) is 28.6. The number of hydrogen-bond acceptors (Lipinski definition) is 3. The molecule has 1 amide bonds. The molecule has 5 nitrogen and oxygen atoms in total. The SMILES string of the molecule is CCCCCCCCCCCCCCCC(=O)N[C@@H](CO)[C@@H](O)/C=C/CCCCCCCCCCCCC[n+]1ccccc1. The first-order valence-corrected chi connectivity index (χ1v) is 18.9. The lowest BCUT2D eigenvalue weighted by Crippen LogP contribution is -2.45. The molecule has 0 spiro atoms. The maximum absolute atomic E-state index is 12.3. The van der Waals surface area contributed by atoms with Crippen LogP contribution < -0.4 is 9.88 Å². The minimum Gasteiger partial charge on any atom is -0.394 e. The van der Waals surface area contributed by atoms with Gasteiger partial charge in [0.2, 0.25) is 5.91 Å². The average molecular weight is 616 g/mol. The Hall–Kier alpha value is -1.72. The van der Waals surface area contributed by atoms with Crippen molar-refractivity contribution in [1.29, 1.82) is 0 Å². The van der Waals surface area contributed by atoms with Crippen molar-refractivity contribution in [2.24, 2.45) is 0 Å². The molecule has 0 aliphatic heterocycles. The molecule has 2 atom stereocenters. The minimum absolute atomic E-state index is 0.0678. The second-order valence-corrected chi connectivity index (χ2v) is 13.1. The minimum atomic E-state index is -0.840. The molecule has 3 N–H and O–H groups in total. The summed E-state index contributed by atoms with van der Waals surface area (Å²) in [4.78, 5) is 12.3. The number of allylic oxidation sites excluding steroid dienone is 1. The lowest BCUT2D eigenvalue weighted by molar-refractivity contribution is -0.697. The third-order valence-electron chi connectivity index (χ3n) is 8.86. The van der Waals surface area contributed by atoms with Crippen molar-refractivity contribution in [2.45, 2.75) is 193 Å². The van der Waals surface area contributed by atoms with Crippen LogP contribution in [0.1, 0.15) is 174 Å². The van der Waals surface area contributed by atoms with Crippen molar-refractivity contribution in [1.82, 2.24) is 5.32 Å². The van der Waals surface area contributed by atoms with E-state index in [2.05, 4.69) is 47.4 Å². The standard InChI is InChI=1S/C39H70N2O3/c1-2-3-4-5-6-7-8-10-14-17-20-23-27-32-39(44)40-37(36-42)38(43)31-26-22-19-16-13-11-9-12-15-18-21-24-28-33-41-34-29-25-30-35-41/h25-26,29-31,34-35,37-38,42-43H,2-24,27-28,32-33,36H2,1H3/p+1/b31-26+/t37-,38-/m0/s1. The van der Waals surface area contributed by atoms with E-state index in [1.807, 2.05) is 6.08 Å². The van der Waals surface area contributed by atoms with Crippen molar-refractivity contribution in [3.05, 3.63) is 42.7 Å². The number of hydrogen-bond donors (Lipinski definition) is 3. The first-order valence-electron chi connectivity index (χ1n) is 18.9. The van der Waals surface area contributed by atoms with Crippen LogP contribution in [0.2, 0.25) is 0 Å². The van der Waals surface area contributed by atoms with Crippen molar-refractivity contribution in [2.75, 3.05) is 6.61 Å². The van der Waals surface area contributed by atoms with Crippen molar-refractivity contribution >= 4 is 5.91 Å². The lowest BCUT2D eigenvalue weighted by Gasteiger charge is -2.20. The molecule has 0 bridgehead atoms. The Labute approximate surface area is 272 Å². The summed E-state index contributed by atoms with van der Waals surface area (Å²) >= 11 is 0. The Balaban J connectivity index is 1.90. The molecule has 1 aromatic rings. The zero-order valence-corrected chi connectivity index (χ0v) is 28.7. The molecule has 44 heavy (non-hydrogen) atoms. The molecule has 254 valence electrons. The molecule has 0 saturated carbocycles. The second-order valence-electron chi connectivity index (χ2n) is 13.1. The predicted molar refractivity (Wildman–Crippen MR) is 187 cm³/mol. The molecule has 5 heteroatoms. The number of amides is 1. The molecular formula is C39H71N2O3+. The van der Waals surface area contributed by atoms with E-state index in [0.29, 0.717) is 6.42 Å². The number of aliphatic hydroxyl groups is 2. The highest BCUT2D eigenvalue weighted by Gasteiger charge is 2.17. The highest BCUT2D eigenvalue weighted by molar-refractivity contribution is 5.76. The van der Waals surface area contributed by atoms with E-state index in [4.69, 9.17) is 0 Å². The summed E-state index contributed by atoms with van der Waals surface area (Å²) in [5.74, 6) is -0.0678. The summed E-state index contributed by atoms with van der Waals surface area (Å²) in [6.07, 6.45) is 39.6. The van der Waals surface area contributed by atoms with Gasteiger partial charge in [0.05, 0.1) is 18.8 Å². The molecule has 0 aliphatic carbocycles. The molecule has 1 rings (SSSR count). The van der Waals surface area contributed by atoms with Gasteiger partial charge in [0.15, 0.2) is 12.4 Å². The number of aromatic nitrogens is 1. The molecule has 0 aromatic carbocycles. The molecule has 0 aliphatic rings. The Bertz CT molecular complexity index is 770. The molecule has 1 heterocycles. The summed E-state index contributed by atoms with van der Waals surface area (Å²) in [6, 6.07) is 5.64. The van der Waals surface area contributed by atoms with Crippen LogP contribution >= 0.6 is 0 Å². The van der Waals surface area contributed by atoms with Gasteiger partial charge >= 0.3 is 0 Å². The summed E-state index contributed by atoms with van der Waals surface area (Å²) < 4.78 is 2.27. The molecule has 0 saturated heterocycles. The van der Waals surface area contributed by atoms with Gasteiger partial charge in [-0.1, -0.05) is 154 Å². The van der Waals surface area contributed by atoms with E-state index in [1.54, 1.807) is 6.08 Å². The number of carbonyl (C=O) groups excluding carboxylic acids is 1. The van der Waals surface area contributed by atoms with E-state index in [1.165, 1.54) is 135 Å². The number of unbranched alkanes of at least 4 members (excludes halogenated alkanes) is 23. The zero-order valence-electron chi connectivity index (χ0n) is 28.7. The smallest absolute Gasteiger partial charge is 0.220 e. The van der Waals surface area contributed by atoms with E-state index >= 15 is 0 Å². The van der Waals surface area contributed by atoms with E-state index in [-0.39, 0.29) is 12.5 Å². The first kappa shape index (κ1) is 40.3. The van der Waals surface area contributed by atoms with Crippen LogP contribution in [-0.4, -0.2) is 34.9 Å². The van der Waals surface area contributed by atoms with Crippen LogP contribution in [0.3, 0.4) is 0 Å². The Morgan fingerprint density at radius 3 is 1.61 bits per heavy atom. The highest BCUT2D eigenvalue weighted by Crippen LogP contribution is 2.14. The van der Waals surface area contributed by atoms with E-state index < -0.39 is 12.1 Å². The normalized spacial score (nSPS) is 13.0. The first-order chi connectivity index (χ1) is 21.7. The van der Waals surface area contributed by atoms with Crippen molar-refractivity contribution in [3.8, 4) is 0 Å². The fourth-order valence-electron chi connectivity index (χ4n) is 5.92. The van der Waals surface area contributed by atoms with Crippen LogP contribution in [-0.2, 0) is 11.3 Å². The number of aliphatic hydroxyl groups excluding tert-OH is 2. The van der Waals surface area contributed by atoms with Gasteiger partial charge in [0.1, 0.15) is 6.54 Å². The number of pyridine rings is 1. The van der Waals surface area contributed by atoms with Crippen LogP contribution in [0.15, 0.2) is 42.7 Å². The van der Waals surface area contributed by atoms with Gasteiger partial charge in [0, 0.05) is 25.0 Å². The zero-order chi connectivity index (χ0) is 31.8. The predicted octanol–water partition coefficient (Wildman–Crippen LogP) is 9.53. The second kappa shape index (κ2) is 31.3. The van der Waals surface area contributed by atoms with Crippen LogP contribution in [0.25, 0.3) is 0 Å². The molecule has 0 fully saturated rings. The number of rotatable bonds is 32. The van der Waals surface area contributed by atoms with Gasteiger partial charge in [-0.2, -0.15) is 0 Å². The molecule has 0 unspecified atom stereocenters. The highest BCUT2D eigenvalue weighted by atomic mass is 16.3. The molecule has 1 aromatic heterocycles. The average Bonchev–Trinajstić information content (AvgIpc) is 3.04. The maximum Gasteiger partial charge on any atom is 0.220 e. The third kappa shape index (κ3) is 25.6. The number of nitrogens with one attached hydrogen (secondary N) is 1. The molecule has 0 radical (unpaired) electrons. The van der Waals surface area contributed by atoms with Crippen molar-refractivity contribution < 1.29 is 19.6 Å². The summed E-state index contributed by atoms with van der Waals surface area (Å²) in [5.41, 5.74) is 0. The lowest BCUT2D eigenvalue weighted by atomic mass is 10.0. The van der Waals surface area contributed by atoms with Crippen LogP contribution in [0, 0.1) is 0 Å². The quantitative estimate of drug-likeness (QED) is 0.0429. The van der Waals surface area contributed by atoms with Crippen molar-refractivity contribution in [3.63, 3.8) is 0 Å². The number of aryl methyl sites for hydroxylation is 1. The topological polar surface area (TPSA) is 73.4 Å². The van der Waals surface area contributed by atoms with Gasteiger partial charge in [-0.25, -0.2) is 4.57 Å². The summed E-state index contributed by atoms with van der Waals surface area (Å²) in [7, 11) is 0. The van der Waals surface area contributed by atoms with E-state index in [9.17, 15) is 15.0 Å². The fraction of sp³-hybridized carbons (Fsp3) is 0.795.